The van der Waals surface area contributed by atoms with E-state index in [4.69, 9.17) is 6.42 Å². The molecule has 3 heteroatoms. The third-order valence-corrected chi connectivity index (χ3v) is 2.35. The van der Waals surface area contributed by atoms with Crippen molar-refractivity contribution in [3.05, 3.63) is 18.2 Å². The minimum atomic E-state index is -0.438. The number of aromatic nitrogens is 2. The largest absolute Gasteiger partial charge is 0.387 e. The van der Waals surface area contributed by atoms with Gasteiger partial charge in [0.25, 0.3) is 0 Å². The van der Waals surface area contributed by atoms with Gasteiger partial charge in [0, 0.05) is 13.0 Å². The Hall–Kier alpha value is -1.27. The van der Waals surface area contributed by atoms with Gasteiger partial charge in [-0.05, 0) is 19.3 Å². The molecule has 1 heterocycles. The summed E-state index contributed by atoms with van der Waals surface area (Å²) in [6.45, 7) is 3.01. The summed E-state index contributed by atoms with van der Waals surface area (Å²) in [4.78, 5) is 4.05. The van der Waals surface area contributed by atoms with Crippen molar-refractivity contribution in [2.75, 3.05) is 0 Å². The van der Waals surface area contributed by atoms with Crippen LogP contribution < -0.4 is 0 Å². The van der Waals surface area contributed by atoms with Crippen LogP contribution in [0.5, 0.6) is 0 Å². The third kappa shape index (κ3) is 3.41. The minimum Gasteiger partial charge on any atom is -0.387 e. The summed E-state index contributed by atoms with van der Waals surface area (Å²) in [7, 11) is 0. The second kappa shape index (κ2) is 6.26. The molecule has 0 fully saturated rings. The summed E-state index contributed by atoms with van der Waals surface area (Å²) in [5, 5.41) is 9.91. The molecule has 1 aromatic heterocycles. The van der Waals surface area contributed by atoms with Crippen LogP contribution in [0, 0.1) is 12.3 Å². The number of aliphatic hydroxyl groups is 1. The molecule has 1 atom stereocenters. The number of aliphatic hydroxyl groups excluding tert-OH is 1. The Kier molecular flexibility index (Phi) is 4.92. The highest BCUT2D eigenvalue weighted by atomic mass is 16.3. The van der Waals surface area contributed by atoms with E-state index in [1.54, 1.807) is 12.5 Å². The molecular formula is C12H18N2O. The fourth-order valence-corrected chi connectivity index (χ4v) is 1.58. The zero-order valence-electron chi connectivity index (χ0n) is 9.19. The molecule has 0 amide bonds. The second-order valence-corrected chi connectivity index (χ2v) is 3.62. The average molecular weight is 206 g/mol. The van der Waals surface area contributed by atoms with E-state index in [9.17, 15) is 5.11 Å². The Bertz CT molecular complexity index is 325. The highest BCUT2D eigenvalue weighted by molar-refractivity contribution is 5.02. The Morgan fingerprint density at radius 3 is 3.13 bits per heavy atom. The molecule has 0 aliphatic rings. The van der Waals surface area contributed by atoms with Crippen LogP contribution in [-0.4, -0.2) is 14.7 Å². The summed E-state index contributed by atoms with van der Waals surface area (Å²) in [6.07, 6.45) is 11.6. The fourth-order valence-electron chi connectivity index (χ4n) is 1.58. The molecule has 15 heavy (non-hydrogen) atoms. The fraction of sp³-hybridized carbons (Fsp3) is 0.583. The molecule has 3 nitrogen and oxygen atoms in total. The number of hydrogen-bond donors (Lipinski definition) is 1. The van der Waals surface area contributed by atoms with Gasteiger partial charge in [0.2, 0.25) is 0 Å². The third-order valence-electron chi connectivity index (χ3n) is 2.35. The molecule has 0 saturated carbocycles. The highest BCUT2D eigenvalue weighted by Crippen LogP contribution is 2.18. The van der Waals surface area contributed by atoms with Gasteiger partial charge in [-0.15, -0.1) is 12.3 Å². The predicted octanol–water partition coefficient (Wildman–Crippen LogP) is 2.13. The van der Waals surface area contributed by atoms with Crippen LogP contribution in [0.1, 0.15) is 44.4 Å². The van der Waals surface area contributed by atoms with Crippen LogP contribution in [-0.2, 0) is 6.54 Å². The molecule has 0 radical (unpaired) electrons. The van der Waals surface area contributed by atoms with Crippen molar-refractivity contribution in [2.24, 2.45) is 0 Å². The molecule has 0 aromatic carbocycles. The summed E-state index contributed by atoms with van der Waals surface area (Å²) in [5.74, 6) is 2.57. The van der Waals surface area contributed by atoms with Crippen molar-refractivity contribution in [3.8, 4) is 12.3 Å². The van der Waals surface area contributed by atoms with Gasteiger partial charge in [-0.1, -0.05) is 6.92 Å². The molecule has 0 saturated heterocycles. The van der Waals surface area contributed by atoms with Gasteiger partial charge >= 0.3 is 0 Å². The molecular weight excluding hydrogens is 188 g/mol. The number of imidazole rings is 1. The first-order valence-corrected chi connectivity index (χ1v) is 5.41. The smallest absolute Gasteiger partial charge is 0.0956 e. The lowest BCUT2D eigenvalue weighted by Gasteiger charge is -2.12. The van der Waals surface area contributed by atoms with Gasteiger partial charge in [0.1, 0.15) is 0 Å². The molecule has 0 aliphatic carbocycles. The Morgan fingerprint density at radius 1 is 1.67 bits per heavy atom. The van der Waals surface area contributed by atoms with Crippen LogP contribution in [0.25, 0.3) is 0 Å². The van der Waals surface area contributed by atoms with Crippen LogP contribution in [0.15, 0.2) is 12.5 Å². The summed E-state index contributed by atoms with van der Waals surface area (Å²) < 4.78 is 2.00. The van der Waals surface area contributed by atoms with Gasteiger partial charge in [-0.3, -0.25) is 0 Å². The summed E-state index contributed by atoms with van der Waals surface area (Å²) >= 11 is 0. The first-order valence-electron chi connectivity index (χ1n) is 5.41. The van der Waals surface area contributed by atoms with Crippen molar-refractivity contribution in [1.82, 2.24) is 9.55 Å². The maximum absolute atomic E-state index is 9.91. The number of nitrogens with zero attached hydrogens (tertiary/aromatic N) is 2. The van der Waals surface area contributed by atoms with Crippen LogP contribution in [0.3, 0.4) is 0 Å². The summed E-state index contributed by atoms with van der Waals surface area (Å²) in [5.41, 5.74) is 0.897. The van der Waals surface area contributed by atoms with E-state index in [0.29, 0.717) is 6.42 Å². The van der Waals surface area contributed by atoms with Crippen molar-refractivity contribution in [3.63, 3.8) is 0 Å². The number of terminal acetylenes is 1. The Labute approximate surface area is 91.1 Å². The quantitative estimate of drug-likeness (QED) is 0.572. The zero-order valence-corrected chi connectivity index (χ0v) is 9.19. The molecule has 82 valence electrons. The predicted molar refractivity (Wildman–Crippen MR) is 60.2 cm³/mol. The van der Waals surface area contributed by atoms with Crippen LogP contribution in [0.2, 0.25) is 0 Å². The highest BCUT2D eigenvalue weighted by Gasteiger charge is 2.11. The number of rotatable bonds is 6. The van der Waals surface area contributed by atoms with Crippen molar-refractivity contribution < 1.29 is 5.11 Å². The standard InChI is InChI=1S/C12H18N2O/c1-3-5-6-7-12(15)11-9-13-10-14(11)8-4-2/h1,9-10,12,15H,4-8H2,2H3. The van der Waals surface area contributed by atoms with E-state index >= 15 is 0 Å². The van der Waals surface area contributed by atoms with Crippen LogP contribution >= 0.6 is 0 Å². The van der Waals surface area contributed by atoms with E-state index in [1.807, 2.05) is 4.57 Å². The normalized spacial score (nSPS) is 12.3. The molecule has 1 rings (SSSR count). The molecule has 1 N–H and O–H groups in total. The lowest BCUT2D eigenvalue weighted by atomic mass is 10.1. The van der Waals surface area contributed by atoms with Crippen molar-refractivity contribution in [1.29, 1.82) is 0 Å². The molecule has 0 aliphatic heterocycles. The van der Waals surface area contributed by atoms with E-state index in [0.717, 1.165) is 31.5 Å². The first-order chi connectivity index (χ1) is 7.29. The van der Waals surface area contributed by atoms with Crippen molar-refractivity contribution >= 4 is 0 Å². The lowest BCUT2D eigenvalue weighted by Crippen LogP contribution is -2.06. The monoisotopic (exact) mass is 206 g/mol. The van der Waals surface area contributed by atoms with Gasteiger partial charge in [0.05, 0.1) is 24.3 Å². The zero-order chi connectivity index (χ0) is 11.1. The topological polar surface area (TPSA) is 38.1 Å². The lowest BCUT2D eigenvalue weighted by molar-refractivity contribution is 0.155. The second-order valence-electron chi connectivity index (χ2n) is 3.62. The number of aryl methyl sites for hydroxylation is 1. The molecule has 1 unspecified atom stereocenters. The van der Waals surface area contributed by atoms with Gasteiger partial charge in [-0.25, -0.2) is 4.98 Å². The Morgan fingerprint density at radius 2 is 2.47 bits per heavy atom. The van der Waals surface area contributed by atoms with Gasteiger partial charge in [-0.2, -0.15) is 0 Å². The van der Waals surface area contributed by atoms with E-state index in [1.165, 1.54) is 0 Å². The van der Waals surface area contributed by atoms with Gasteiger partial charge in [0.15, 0.2) is 0 Å². The van der Waals surface area contributed by atoms with Crippen LogP contribution in [0.4, 0.5) is 0 Å². The average Bonchev–Trinajstić information content (AvgIpc) is 2.67. The maximum atomic E-state index is 9.91. The first kappa shape index (κ1) is 11.8. The van der Waals surface area contributed by atoms with E-state index < -0.39 is 6.10 Å². The Balaban J connectivity index is 2.53. The molecule has 0 spiro atoms. The minimum absolute atomic E-state index is 0.438. The maximum Gasteiger partial charge on any atom is 0.0956 e. The van der Waals surface area contributed by atoms with E-state index in [2.05, 4.69) is 17.8 Å². The summed E-state index contributed by atoms with van der Waals surface area (Å²) in [6, 6.07) is 0. The van der Waals surface area contributed by atoms with Gasteiger partial charge < -0.3 is 9.67 Å². The molecule has 0 bridgehead atoms. The molecule has 1 aromatic rings. The number of unbranched alkanes of at least 4 members (excludes halogenated alkanes) is 1. The van der Waals surface area contributed by atoms with Crippen molar-refractivity contribution in [2.45, 2.75) is 45.3 Å². The SMILES string of the molecule is C#CCCCC(O)c1cncn1CCC. The number of hydrogen-bond acceptors (Lipinski definition) is 2. The van der Waals surface area contributed by atoms with E-state index in [-0.39, 0.29) is 0 Å².